The fraction of sp³-hybridized carbons (Fsp3) is 0.167. The molecule has 0 amide bonds. The van der Waals surface area contributed by atoms with Crippen molar-refractivity contribution in [3.63, 3.8) is 0 Å². The van der Waals surface area contributed by atoms with Crippen LogP contribution >= 0.6 is 22.6 Å². The Morgan fingerprint density at radius 3 is 2.76 bits per heavy atom. The van der Waals surface area contributed by atoms with E-state index < -0.39 is 11.4 Å². The SMILES string of the molecule is CCc1cc2[nH]cc(C(=O)O)c(=O)c2cc1I. The molecule has 1 heterocycles. The summed E-state index contributed by atoms with van der Waals surface area (Å²) in [5.74, 6) is -1.21. The van der Waals surface area contributed by atoms with Crippen molar-refractivity contribution in [1.82, 2.24) is 4.98 Å². The maximum atomic E-state index is 11.9. The van der Waals surface area contributed by atoms with E-state index in [2.05, 4.69) is 27.6 Å². The minimum atomic E-state index is -1.21. The highest BCUT2D eigenvalue weighted by atomic mass is 127. The van der Waals surface area contributed by atoms with E-state index >= 15 is 0 Å². The number of rotatable bonds is 2. The van der Waals surface area contributed by atoms with E-state index in [0.717, 1.165) is 15.6 Å². The third kappa shape index (κ3) is 2.06. The molecule has 0 saturated carbocycles. The Morgan fingerprint density at radius 2 is 2.18 bits per heavy atom. The van der Waals surface area contributed by atoms with Crippen LogP contribution in [0.4, 0.5) is 0 Å². The van der Waals surface area contributed by atoms with Crippen LogP contribution in [0.2, 0.25) is 0 Å². The summed E-state index contributed by atoms with van der Waals surface area (Å²) in [7, 11) is 0. The maximum Gasteiger partial charge on any atom is 0.341 e. The average molecular weight is 343 g/mol. The van der Waals surface area contributed by atoms with E-state index in [9.17, 15) is 9.59 Å². The molecule has 0 aliphatic carbocycles. The summed E-state index contributed by atoms with van der Waals surface area (Å²) in [5.41, 5.74) is 1.15. The molecule has 1 aromatic heterocycles. The van der Waals surface area contributed by atoms with Gasteiger partial charge in [-0.15, -0.1) is 0 Å². The highest BCUT2D eigenvalue weighted by Crippen LogP contribution is 2.19. The molecule has 0 saturated heterocycles. The molecule has 0 aliphatic heterocycles. The van der Waals surface area contributed by atoms with E-state index in [1.54, 1.807) is 6.07 Å². The van der Waals surface area contributed by atoms with Crippen molar-refractivity contribution in [3.05, 3.63) is 43.2 Å². The van der Waals surface area contributed by atoms with E-state index in [4.69, 9.17) is 5.11 Å². The van der Waals surface area contributed by atoms with Crippen molar-refractivity contribution in [3.8, 4) is 0 Å². The number of nitrogens with one attached hydrogen (secondary N) is 1. The van der Waals surface area contributed by atoms with Gasteiger partial charge < -0.3 is 10.1 Å². The lowest BCUT2D eigenvalue weighted by Gasteiger charge is -2.05. The number of aromatic nitrogens is 1. The fourth-order valence-corrected chi connectivity index (χ4v) is 2.56. The summed E-state index contributed by atoms with van der Waals surface area (Å²) in [6.07, 6.45) is 2.12. The standard InChI is InChI=1S/C12H10INO3/c1-2-6-3-10-7(4-9(6)13)11(15)8(5-14-10)12(16)17/h3-5H,2H2,1H3,(H,14,15)(H,16,17). The molecule has 2 rings (SSSR count). The normalized spacial score (nSPS) is 10.7. The lowest BCUT2D eigenvalue weighted by atomic mass is 10.1. The Labute approximate surface area is 111 Å². The zero-order valence-corrected chi connectivity index (χ0v) is 11.2. The molecule has 0 spiro atoms. The molecule has 2 N–H and O–H groups in total. The van der Waals surface area contributed by atoms with Gasteiger partial charge in [-0.25, -0.2) is 4.79 Å². The third-order valence-corrected chi connectivity index (χ3v) is 3.66. The first-order valence-corrected chi connectivity index (χ1v) is 6.19. The van der Waals surface area contributed by atoms with Crippen LogP contribution in [0.15, 0.2) is 23.1 Å². The molecule has 5 heteroatoms. The molecule has 88 valence electrons. The Balaban J connectivity index is 2.83. The number of carbonyl (C=O) groups is 1. The average Bonchev–Trinajstić information content (AvgIpc) is 2.29. The van der Waals surface area contributed by atoms with Crippen molar-refractivity contribution in [2.24, 2.45) is 0 Å². The van der Waals surface area contributed by atoms with Gasteiger partial charge in [0.2, 0.25) is 5.43 Å². The quantitative estimate of drug-likeness (QED) is 0.823. The lowest BCUT2D eigenvalue weighted by Crippen LogP contribution is -2.15. The van der Waals surface area contributed by atoms with Crippen LogP contribution < -0.4 is 5.43 Å². The number of H-pyrrole nitrogens is 1. The molecule has 0 fully saturated rings. The number of aromatic amines is 1. The molecule has 0 aliphatic rings. The molecule has 0 bridgehead atoms. The van der Waals surface area contributed by atoms with Gasteiger partial charge in [0.15, 0.2) is 0 Å². The fourth-order valence-electron chi connectivity index (χ4n) is 1.72. The Hall–Kier alpha value is -1.37. The van der Waals surface area contributed by atoms with Gasteiger partial charge in [-0.1, -0.05) is 6.92 Å². The summed E-state index contributed by atoms with van der Waals surface area (Å²) in [4.78, 5) is 25.6. The second-order valence-corrected chi connectivity index (χ2v) is 4.84. The number of hydrogen-bond donors (Lipinski definition) is 2. The molecule has 0 atom stereocenters. The van der Waals surface area contributed by atoms with E-state index in [0.29, 0.717) is 10.9 Å². The van der Waals surface area contributed by atoms with Gasteiger partial charge in [-0.3, -0.25) is 4.79 Å². The number of fused-ring (bicyclic) bond motifs is 1. The van der Waals surface area contributed by atoms with Crippen LogP contribution in [0.25, 0.3) is 10.9 Å². The minimum absolute atomic E-state index is 0.224. The molecule has 17 heavy (non-hydrogen) atoms. The van der Waals surface area contributed by atoms with Crippen LogP contribution in [0.1, 0.15) is 22.8 Å². The Kier molecular flexibility index (Phi) is 3.19. The molecule has 4 nitrogen and oxygen atoms in total. The molecular formula is C12H10INO3. The van der Waals surface area contributed by atoms with Crippen molar-refractivity contribution in [2.45, 2.75) is 13.3 Å². The Bertz CT molecular complexity index is 661. The van der Waals surface area contributed by atoms with Crippen molar-refractivity contribution >= 4 is 39.5 Å². The number of hydrogen-bond acceptors (Lipinski definition) is 2. The first-order valence-electron chi connectivity index (χ1n) is 5.11. The predicted octanol–water partition coefficient (Wildman–Crippen LogP) is 2.39. The molecular weight excluding hydrogens is 333 g/mol. The molecule has 0 unspecified atom stereocenters. The predicted molar refractivity (Wildman–Crippen MR) is 73.6 cm³/mol. The van der Waals surface area contributed by atoms with Gasteiger partial charge >= 0.3 is 5.97 Å². The maximum absolute atomic E-state index is 11.9. The summed E-state index contributed by atoms with van der Waals surface area (Å²) in [6, 6.07) is 3.63. The molecule has 0 radical (unpaired) electrons. The van der Waals surface area contributed by atoms with Gasteiger partial charge in [-0.2, -0.15) is 0 Å². The smallest absolute Gasteiger partial charge is 0.341 e. The van der Waals surface area contributed by atoms with Gasteiger partial charge in [0.05, 0.1) is 0 Å². The van der Waals surface area contributed by atoms with Crippen LogP contribution in [0.3, 0.4) is 0 Å². The van der Waals surface area contributed by atoms with Gasteiger partial charge in [0.25, 0.3) is 0 Å². The van der Waals surface area contributed by atoms with Crippen LogP contribution in [0.5, 0.6) is 0 Å². The third-order valence-electron chi connectivity index (χ3n) is 2.66. The van der Waals surface area contributed by atoms with E-state index in [1.165, 1.54) is 6.20 Å². The van der Waals surface area contributed by atoms with Crippen molar-refractivity contribution < 1.29 is 9.90 Å². The van der Waals surface area contributed by atoms with Gasteiger partial charge in [0.1, 0.15) is 5.56 Å². The summed E-state index contributed by atoms with van der Waals surface area (Å²) >= 11 is 2.15. The topological polar surface area (TPSA) is 70.2 Å². The first kappa shape index (κ1) is 12.1. The molecule has 1 aromatic carbocycles. The van der Waals surface area contributed by atoms with Crippen LogP contribution in [0, 0.1) is 3.57 Å². The number of benzene rings is 1. The Morgan fingerprint density at radius 1 is 1.47 bits per heavy atom. The number of carboxylic acids is 1. The minimum Gasteiger partial charge on any atom is -0.477 e. The zero-order chi connectivity index (χ0) is 12.6. The number of aromatic carboxylic acids is 1. The first-order chi connectivity index (χ1) is 8.04. The highest BCUT2D eigenvalue weighted by Gasteiger charge is 2.12. The monoisotopic (exact) mass is 343 g/mol. The number of pyridine rings is 1. The second kappa shape index (κ2) is 4.48. The van der Waals surface area contributed by atoms with Crippen molar-refractivity contribution in [2.75, 3.05) is 0 Å². The van der Waals surface area contributed by atoms with Crippen LogP contribution in [-0.4, -0.2) is 16.1 Å². The lowest BCUT2D eigenvalue weighted by molar-refractivity contribution is 0.0695. The second-order valence-electron chi connectivity index (χ2n) is 3.68. The van der Waals surface area contributed by atoms with E-state index in [1.807, 2.05) is 13.0 Å². The number of carboxylic acid groups (broad SMARTS) is 1. The van der Waals surface area contributed by atoms with Gasteiger partial charge in [-0.05, 0) is 46.7 Å². The highest BCUT2D eigenvalue weighted by molar-refractivity contribution is 14.1. The molecule has 2 aromatic rings. The van der Waals surface area contributed by atoms with Gasteiger partial charge in [0, 0.05) is 20.7 Å². The largest absolute Gasteiger partial charge is 0.477 e. The summed E-state index contributed by atoms with van der Waals surface area (Å²) < 4.78 is 0.977. The zero-order valence-electron chi connectivity index (χ0n) is 9.08. The summed E-state index contributed by atoms with van der Waals surface area (Å²) in [6.45, 7) is 2.03. The number of halogens is 1. The van der Waals surface area contributed by atoms with Crippen molar-refractivity contribution in [1.29, 1.82) is 0 Å². The van der Waals surface area contributed by atoms with Crippen LogP contribution in [-0.2, 0) is 6.42 Å². The van der Waals surface area contributed by atoms with E-state index in [-0.39, 0.29) is 5.56 Å². The summed E-state index contributed by atoms with van der Waals surface area (Å²) in [5, 5.41) is 9.30. The number of aryl methyl sites for hydroxylation is 1.